The highest BCUT2D eigenvalue weighted by Gasteiger charge is 2.62. The van der Waals surface area contributed by atoms with Crippen LogP contribution in [0.3, 0.4) is 0 Å². The Morgan fingerprint density at radius 1 is 0.262 bits per heavy atom. The van der Waals surface area contributed by atoms with E-state index < -0.39 is 165 Å². The molecule has 1 saturated carbocycles. The third-order valence-electron chi connectivity index (χ3n) is 11.9. The maximum atomic E-state index is 15.1. The molecule has 6 aromatic rings. The Kier molecular flexibility index (Phi) is 19.9. The molecule has 0 N–H and O–H groups in total. The van der Waals surface area contributed by atoms with Gasteiger partial charge in [0, 0.05) is 41.0 Å². The van der Waals surface area contributed by atoms with Crippen molar-refractivity contribution in [1.82, 2.24) is 0 Å². The SMILES string of the molecule is CC(=O)Cc1ccccc1C(=O)OC1C(OC(=O)c2ccccc2OC(C)=O)C(OC(=O)c2ccccc2OC(C)=O)C(OC(=O)c2ccccc2OC(C)=O)C(OC(=O)c2ccccc2OC(C)=O)C1OC(=O)c1ccccc1OC(C)=O. The van der Waals surface area contributed by atoms with Crippen LogP contribution < -0.4 is 23.7 Å². The lowest BCUT2D eigenvalue weighted by atomic mass is 9.83. The van der Waals surface area contributed by atoms with Crippen molar-refractivity contribution in [3.63, 3.8) is 0 Å². The van der Waals surface area contributed by atoms with Crippen molar-refractivity contribution >= 4 is 71.4 Å². The van der Waals surface area contributed by atoms with Crippen LogP contribution in [-0.2, 0) is 63.6 Å². The van der Waals surface area contributed by atoms with Gasteiger partial charge in [0.25, 0.3) is 0 Å². The molecule has 0 amide bonds. The molecule has 0 bridgehead atoms. The van der Waals surface area contributed by atoms with Crippen LogP contribution in [0, 0.1) is 0 Å². The molecule has 84 heavy (non-hydrogen) atoms. The maximum Gasteiger partial charge on any atom is 0.342 e. The largest absolute Gasteiger partial charge is 0.450 e. The fourth-order valence-electron chi connectivity index (χ4n) is 8.59. The maximum absolute atomic E-state index is 15.1. The molecule has 4 unspecified atom stereocenters. The van der Waals surface area contributed by atoms with Gasteiger partial charge in [0.15, 0.2) is 36.6 Å². The van der Waals surface area contributed by atoms with Crippen molar-refractivity contribution in [1.29, 1.82) is 0 Å². The molecular formula is C61H50O23. The van der Waals surface area contributed by atoms with Crippen molar-refractivity contribution in [2.45, 2.75) is 84.6 Å². The van der Waals surface area contributed by atoms with Gasteiger partial charge < -0.3 is 52.1 Å². The van der Waals surface area contributed by atoms with E-state index in [2.05, 4.69) is 0 Å². The summed E-state index contributed by atoms with van der Waals surface area (Å²) >= 11 is 0. The number of Topliss-reactive ketones (excluding diaryl/α,β-unsaturated/α-hetero) is 1. The number of carbonyl (C=O) groups is 12. The molecule has 1 aliphatic rings. The molecule has 0 aromatic heterocycles. The highest BCUT2D eigenvalue weighted by Crippen LogP contribution is 2.39. The Morgan fingerprint density at radius 3 is 0.643 bits per heavy atom. The van der Waals surface area contributed by atoms with E-state index in [1.165, 1.54) is 122 Å². The molecule has 1 aliphatic carbocycles. The van der Waals surface area contributed by atoms with Crippen LogP contribution >= 0.6 is 0 Å². The van der Waals surface area contributed by atoms with E-state index >= 15 is 24.0 Å². The summed E-state index contributed by atoms with van der Waals surface area (Å²) < 4.78 is 64.0. The number of carbonyl (C=O) groups excluding carboxylic acids is 12. The molecule has 23 nitrogen and oxygen atoms in total. The predicted octanol–water partition coefficient (Wildman–Crippen LogP) is 7.11. The lowest BCUT2D eigenvalue weighted by molar-refractivity contribution is -0.223. The minimum absolute atomic E-state index is 0.0758. The second-order valence-corrected chi connectivity index (χ2v) is 18.2. The van der Waals surface area contributed by atoms with Gasteiger partial charge in [0.1, 0.15) is 62.3 Å². The van der Waals surface area contributed by atoms with Crippen molar-refractivity contribution in [3.8, 4) is 28.7 Å². The molecule has 23 heteroatoms. The molecule has 6 aromatic carbocycles. The molecule has 0 radical (unpaired) electrons. The first-order chi connectivity index (χ1) is 40.1. The third kappa shape index (κ3) is 15.3. The van der Waals surface area contributed by atoms with Crippen LogP contribution in [0.5, 0.6) is 28.7 Å². The average molecular weight is 1150 g/mol. The summed E-state index contributed by atoms with van der Waals surface area (Å²) in [6.45, 7) is 6.34. The number of hydrogen-bond donors (Lipinski definition) is 0. The minimum Gasteiger partial charge on any atom is -0.450 e. The van der Waals surface area contributed by atoms with Gasteiger partial charge in [0.05, 0.1) is 5.56 Å². The zero-order chi connectivity index (χ0) is 60.8. The van der Waals surface area contributed by atoms with Crippen molar-refractivity contribution in [2.24, 2.45) is 0 Å². The van der Waals surface area contributed by atoms with E-state index in [4.69, 9.17) is 52.1 Å². The Balaban J connectivity index is 1.58. The van der Waals surface area contributed by atoms with E-state index in [1.807, 2.05) is 0 Å². The second kappa shape index (κ2) is 27.6. The highest BCUT2D eigenvalue weighted by molar-refractivity contribution is 5.98. The van der Waals surface area contributed by atoms with Crippen molar-refractivity contribution in [3.05, 3.63) is 185 Å². The summed E-state index contributed by atoms with van der Waals surface area (Å²) in [5.74, 6) is -15.7. The van der Waals surface area contributed by atoms with Crippen LogP contribution in [-0.4, -0.2) is 108 Å². The zero-order valence-electron chi connectivity index (χ0n) is 45.4. The zero-order valence-corrected chi connectivity index (χ0v) is 45.4. The first-order valence-electron chi connectivity index (χ1n) is 25.3. The van der Waals surface area contributed by atoms with Crippen LogP contribution in [0.1, 0.15) is 109 Å². The van der Waals surface area contributed by atoms with Gasteiger partial charge in [-0.15, -0.1) is 0 Å². The lowest BCUT2D eigenvalue weighted by Gasteiger charge is -2.47. The van der Waals surface area contributed by atoms with Gasteiger partial charge in [-0.3, -0.25) is 28.8 Å². The quantitative estimate of drug-likeness (QED) is 0.0443. The van der Waals surface area contributed by atoms with E-state index in [0.717, 1.165) is 65.0 Å². The first kappa shape index (κ1) is 60.8. The van der Waals surface area contributed by atoms with Crippen LogP contribution in [0.15, 0.2) is 146 Å². The summed E-state index contributed by atoms with van der Waals surface area (Å²) in [4.78, 5) is 165. The lowest BCUT2D eigenvalue weighted by Crippen LogP contribution is -2.69. The number of rotatable bonds is 19. The summed E-state index contributed by atoms with van der Waals surface area (Å²) in [5, 5.41) is 0. The number of esters is 11. The third-order valence-corrected chi connectivity index (χ3v) is 11.9. The average Bonchev–Trinajstić information content (AvgIpc) is 3.16. The van der Waals surface area contributed by atoms with Gasteiger partial charge >= 0.3 is 65.7 Å². The smallest absolute Gasteiger partial charge is 0.342 e. The molecule has 1 fully saturated rings. The van der Waals surface area contributed by atoms with Gasteiger partial charge in [-0.05, 0) is 79.2 Å². The Labute approximate surface area is 477 Å². The number of ether oxygens (including phenoxy) is 11. The standard InChI is InChI=1S/C61H50O23/c1-32(62)31-38-19-7-8-20-39(38)56(68)79-50-51(80-57(69)40-21-9-14-26-45(40)74-33(2)63)53(82-59(71)42-23-11-16-28-47(42)76-35(4)65)55(84-61(73)44-25-13-18-30-49(44)78-37(6)67)54(83-60(72)43-24-12-17-29-48(43)77-36(5)66)52(50)81-58(70)41-22-10-15-27-46(41)75-34(3)64/h7-30,50-55H,31H2,1-6H3. The fraction of sp³-hybridized carbons (Fsp3) is 0.213. The van der Waals surface area contributed by atoms with Crippen LogP contribution in [0.4, 0.5) is 0 Å². The number of hydrogen-bond acceptors (Lipinski definition) is 23. The molecular weight excluding hydrogens is 1100 g/mol. The number of ketones is 1. The van der Waals surface area contributed by atoms with Crippen LogP contribution in [0.2, 0.25) is 0 Å². The minimum atomic E-state index is -2.51. The van der Waals surface area contributed by atoms with Gasteiger partial charge in [-0.25, -0.2) is 28.8 Å². The van der Waals surface area contributed by atoms with Gasteiger partial charge in [0.2, 0.25) is 0 Å². The Morgan fingerprint density at radius 2 is 0.440 bits per heavy atom. The van der Waals surface area contributed by atoms with E-state index in [9.17, 15) is 33.6 Å². The molecule has 4 atom stereocenters. The number of benzene rings is 6. The first-order valence-corrected chi connectivity index (χ1v) is 25.3. The number of para-hydroxylation sites is 5. The van der Waals surface area contributed by atoms with E-state index in [1.54, 1.807) is 0 Å². The van der Waals surface area contributed by atoms with Crippen LogP contribution in [0.25, 0.3) is 0 Å². The van der Waals surface area contributed by atoms with Gasteiger partial charge in [-0.2, -0.15) is 0 Å². The normalized spacial score (nSPS) is 16.8. The molecule has 0 saturated heterocycles. The second-order valence-electron chi connectivity index (χ2n) is 18.2. The molecule has 432 valence electrons. The summed E-state index contributed by atoms with van der Waals surface area (Å²) in [5.41, 5.74) is -2.83. The Hall–Kier alpha value is -10.8. The van der Waals surface area contributed by atoms with Crippen molar-refractivity contribution in [2.75, 3.05) is 0 Å². The molecule has 0 heterocycles. The molecule has 7 rings (SSSR count). The molecule has 0 spiro atoms. The highest BCUT2D eigenvalue weighted by atomic mass is 16.7. The topological polar surface area (TPSA) is 306 Å². The van der Waals surface area contributed by atoms with Gasteiger partial charge in [-0.1, -0.05) is 78.9 Å². The predicted molar refractivity (Wildman–Crippen MR) is 285 cm³/mol. The van der Waals surface area contributed by atoms with E-state index in [0.29, 0.717) is 0 Å². The van der Waals surface area contributed by atoms with Crippen molar-refractivity contribution < 1.29 is 110 Å². The summed E-state index contributed by atoms with van der Waals surface area (Å²) in [7, 11) is 0. The van der Waals surface area contributed by atoms with E-state index in [-0.39, 0.29) is 17.5 Å². The summed E-state index contributed by atoms with van der Waals surface area (Å²) in [6.07, 6.45) is -15.4. The Bertz CT molecular complexity index is 2970. The monoisotopic (exact) mass is 1150 g/mol. The summed E-state index contributed by atoms with van der Waals surface area (Å²) in [6, 6.07) is 30.8. The fourth-order valence-corrected chi connectivity index (χ4v) is 8.59. The molecule has 0 aliphatic heterocycles.